The first-order chi connectivity index (χ1) is 12.4. The second-order valence-electron chi connectivity index (χ2n) is 7.93. The lowest BCUT2D eigenvalue weighted by Gasteiger charge is -2.18. The molecular formula is C23H22N2O. The Labute approximate surface area is 153 Å². The summed E-state index contributed by atoms with van der Waals surface area (Å²) in [4.78, 5) is 8.86. The minimum absolute atomic E-state index is 0.146. The van der Waals surface area contributed by atoms with E-state index < -0.39 is 0 Å². The fourth-order valence-electron chi connectivity index (χ4n) is 3.56. The van der Waals surface area contributed by atoms with Gasteiger partial charge in [0.1, 0.15) is 11.9 Å². The van der Waals surface area contributed by atoms with Gasteiger partial charge in [-0.2, -0.15) is 0 Å². The van der Waals surface area contributed by atoms with Crippen molar-refractivity contribution in [2.45, 2.75) is 27.2 Å². The van der Waals surface area contributed by atoms with E-state index in [1.807, 2.05) is 0 Å². The van der Waals surface area contributed by atoms with E-state index in [9.17, 15) is 0 Å². The van der Waals surface area contributed by atoms with Crippen LogP contribution in [0.5, 0.6) is 0 Å². The van der Waals surface area contributed by atoms with Crippen LogP contribution in [0.1, 0.15) is 32.0 Å². The molecule has 2 aromatic carbocycles. The van der Waals surface area contributed by atoms with Gasteiger partial charge < -0.3 is 4.42 Å². The highest BCUT2D eigenvalue weighted by Gasteiger charge is 2.22. The van der Waals surface area contributed by atoms with Crippen molar-refractivity contribution in [3.8, 4) is 0 Å². The minimum Gasteiger partial charge on any atom is -0.437 e. The molecule has 26 heavy (non-hydrogen) atoms. The number of furan rings is 1. The molecule has 0 aliphatic carbocycles. The molecule has 130 valence electrons. The second kappa shape index (κ2) is 5.80. The SMILES string of the molecule is C=CC(=C)c1ncnc2oc3c(CC(C)(C)C)cc4ccccc4c3c12. The van der Waals surface area contributed by atoms with Crippen LogP contribution in [0.4, 0.5) is 0 Å². The first-order valence-corrected chi connectivity index (χ1v) is 8.78. The normalized spacial score (nSPS) is 12.1. The highest BCUT2D eigenvalue weighted by molar-refractivity contribution is 6.21. The van der Waals surface area contributed by atoms with E-state index in [-0.39, 0.29) is 5.41 Å². The molecule has 0 unspecified atom stereocenters. The van der Waals surface area contributed by atoms with Gasteiger partial charge in [0, 0.05) is 5.39 Å². The zero-order chi connectivity index (χ0) is 18.5. The number of allylic oxidation sites excluding steroid dienone is 2. The maximum atomic E-state index is 6.25. The first-order valence-electron chi connectivity index (χ1n) is 8.78. The van der Waals surface area contributed by atoms with Crippen LogP contribution in [0.25, 0.3) is 38.4 Å². The number of nitrogens with zero attached hydrogens (tertiary/aromatic N) is 2. The van der Waals surface area contributed by atoms with E-state index in [2.05, 4.69) is 74.2 Å². The van der Waals surface area contributed by atoms with Gasteiger partial charge in [0.25, 0.3) is 0 Å². The van der Waals surface area contributed by atoms with E-state index >= 15 is 0 Å². The summed E-state index contributed by atoms with van der Waals surface area (Å²) in [7, 11) is 0. The molecule has 0 saturated heterocycles. The van der Waals surface area contributed by atoms with E-state index in [0.717, 1.165) is 39.4 Å². The smallest absolute Gasteiger partial charge is 0.231 e. The van der Waals surface area contributed by atoms with Crippen molar-refractivity contribution in [3.05, 3.63) is 67.2 Å². The molecule has 0 N–H and O–H groups in total. The number of rotatable bonds is 3. The molecule has 0 aliphatic rings. The van der Waals surface area contributed by atoms with E-state index in [1.165, 1.54) is 17.3 Å². The lowest BCUT2D eigenvalue weighted by atomic mass is 9.86. The molecule has 0 spiro atoms. The molecule has 4 rings (SSSR count). The zero-order valence-electron chi connectivity index (χ0n) is 15.5. The fraction of sp³-hybridized carbons (Fsp3) is 0.217. The molecule has 0 aliphatic heterocycles. The summed E-state index contributed by atoms with van der Waals surface area (Å²) < 4.78 is 6.25. The molecule has 3 nitrogen and oxygen atoms in total. The minimum atomic E-state index is 0.146. The summed E-state index contributed by atoms with van der Waals surface area (Å²) in [5.74, 6) is 0. The molecule has 3 heteroatoms. The highest BCUT2D eigenvalue weighted by Crippen LogP contribution is 2.40. The van der Waals surface area contributed by atoms with Crippen molar-refractivity contribution in [2.24, 2.45) is 5.41 Å². The Hall–Kier alpha value is -2.94. The molecule has 0 saturated carbocycles. The number of hydrogen-bond acceptors (Lipinski definition) is 3. The third-order valence-electron chi connectivity index (χ3n) is 4.61. The van der Waals surface area contributed by atoms with Crippen LogP contribution in [0, 0.1) is 5.41 Å². The van der Waals surface area contributed by atoms with Crippen molar-refractivity contribution >= 4 is 38.4 Å². The average molecular weight is 342 g/mol. The van der Waals surface area contributed by atoms with Crippen LogP contribution in [-0.2, 0) is 6.42 Å². The molecular weight excluding hydrogens is 320 g/mol. The fourth-order valence-corrected chi connectivity index (χ4v) is 3.56. The monoisotopic (exact) mass is 342 g/mol. The van der Waals surface area contributed by atoms with Crippen LogP contribution < -0.4 is 0 Å². The van der Waals surface area contributed by atoms with Crippen LogP contribution >= 0.6 is 0 Å². The molecule has 0 atom stereocenters. The summed E-state index contributed by atoms with van der Waals surface area (Å²) in [5, 5.41) is 4.32. The lowest BCUT2D eigenvalue weighted by Crippen LogP contribution is -2.09. The van der Waals surface area contributed by atoms with Gasteiger partial charge in [-0.1, -0.05) is 64.3 Å². The Morgan fingerprint density at radius 3 is 2.65 bits per heavy atom. The molecule has 2 heterocycles. The lowest BCUT2D eigenvalue weighted by molar-refractivity contribution is 0.410. The molecule has 0 radical (unpaired) electrons. The van der Waals surface area contributed by atoms with Gasteiger partial charge in [-0.15, -0.1) is 0 Å². The summed E-state index contributed by atoms with van der Waals surface area (Å²) >= 11 is 0. The molecule has 2 aromatic heterocycles. The third kappa shape index (κ3) is 2.60. The van der Waals surface area contributed by atoms with E-state index in [0.29, 0.717) is 5.71 Å². The van der Waals surface area contributed by atoms with Crippen molar-refractivity contribution in [3.63, 3.8) is 0 Å². The molecule has 4 aromatic rings. The third-order valence-corrected chi connectivity index (χ3v) is 4.61. The van der Waals surface area contributed by atoms with Crippen molar-refractivity contribution in [1.29, 1.82) is 0 Å². The van der Waals surface area contributed by atoms with Crippen LogP contribution in [0.2, 0.25) is 0 Å². The Balaban J connectivity index is 2.22. The summed E-state index contributed by atoms with van der Waals surface area (Å²) in [5.41, 5.74) is 4.38. The first kappa shape index (κ1) is 16.5. The predicted octanol–water partition coefficient (Wildman–Crippen LogP) is 6.32. The quantitative estimate of drug-likeness (QED) is 0.409. The van der Waals surface area contributed by atoms with Crippen molar-refractivity contribution < 1.29 is 4.42 Å². The Kier molecular flexibility index (Phi) is 3.69. The van der Waals surface area contributed by atoms with Crippen molar-refractivity contribution in [1.82, 2.24) is 9.97 Å². The van der Waals surface area contributed by atoms with Crippen LogP contribution in [-0.4, -0.2) is 9.97 Å². The number of fused-ring (bicyclic) bond motifs is 5. The standard InChI is InChI=1S/C23H22N2O/c1-6-14(2)20-19-18-17-10-8-7-9-15(17)11-16(12-23(3,4)5)21(18)26-22(19)25-13-24-20/h6-11,13H,1-2,12H2,3-5H3. The summed E-state index contributed by atoms with van der Waals surface area (Å²) in [6.45, 7) is 14.7. The predicted molar refractivity (Wildman–Crippen MR) is 109 cm³/mol. The Morgan fingerprint density at radius 1 is 1.15 bits per heavy atom. The van der Waals surface area contributed by atoms with Gasteiger partial charge in [-0.25, -0.2) is 9.97 Å². The Morgan fingerprint density at radius 2 is 1.92 bits per heavy atom. The second-order valence-corrected chi connectivity index (χ2v) is 7.93. The van der Waals surface area contributed by atoms with Crippen LogP contribution in [0.3, 0.4) is 0 Å². The average Bonchev–Trinajstić information content (AvgIpc) is 3.00. The maximum absolute atomic E-state index is 6.25. The van der Waals surface area contributed by atoms with E-state index in [4.69, 9.17) is 4.42 Å². The zero-order valence-corrected chi connectivity index (χ0v) is 15.5. The van der Waals surface area contributed by atoms with Gasteiger partial charge in [0.2, 0.25) is 5.71 Å². The Bertz CT molecular complexity index is 1180. The summed E-state index contributed by atoms with van der Waals surface area (Å²) in [6.07, 6.45) is 4.17. The molecule has 0 bridgehead atoms. The van der Waals surface area contributed by atoms with Gasteiger partial charge in [-0.05, 0) is 39.8 Å². The van der Waals surface area contributed by atoms with Crippen LogP contribution in [0.15, 0.2) is 60.3 Å². The largest absolute Gasteiger partial charge is 0.437 e. The van der Waals surface area contributed by atoms with E-state index in [1.54, 1.807) is 6.08 Å². The van der Waals surface area contributed by atoms with Gasteiger partial charge in [-0.3, -0.25) is 0 Å². The topological polar surface area (TPSA) is 38.9 Å². The van der Waals surface area contributed by atoms with Gasteiger partial charge in [0.05, 0.1) is 11.1 Å². The summed E-state index contributed by atoms with van der Waals surface area (Å²) in [6, 6.07) is 10.6. The molecule has 0 fully saturated rings. The number of aromatic nitrogens is 2. The molecule has 0 amide bonds. The van der Waals surface area contributed by atoms with Gasteiger partial charge >= 0.3 is 0 Å². The van der Waals surface area contributed by atoms with Crippen molar-refractivity contribution in [2.75, 3.05) is 0 Å². The van der Waals surface area contributed by atoms with Gasteiger partial charge in [0.15, 0.2) is 0 Å². The number of hydrogen-bond donors (Lipinski definition) is 0. The highest BCUT2D eigenvalue weighted by atomic mass is 16.3. The number of benzene rings is 2. The maximum Gasteiger partial charge on any atom is 0.231 e.